The summed E-state index contributed by atoms with van der Waals surface area (Å²) in [5.74, 6) is 1.11. The van der Waals surface area contributed by atoms with Gasteiger partial charge in [-0.3, -0.25) is 9.69 Å². The Morgan fingerprint density at radius 3 is 2.96 bits per heavy atom. The lowest BCUT2D eigenvalue weighted by Crippen LogP contribution is -2.50. The van der Waals surface area contributed by atoms with Crippen molar-refractivity contribution in [1.82, 2.24) is 10.2 Å². The number of likely N-dealkylation sites (tertiary alicyclic amines) is 1. The first-order chi connectivity index (χ1) is 11.5. The lowest BCUT2D eigenvalue weighted by atomic mass is 9.92. The number of aryl methyl sites for hydroxylation is 1. The Balaban J connectivity index is 1.71. The van der Waals surface area contributed by atoms with Crippen molar-refractivity contribution in [2.45, 2.75) is 45.8 Å². The highest BCUT2D eigenvalue weighted by Crippen LogP contribution is 2.21. The average Bonchev–Trinajstić information content (AvgIpc) is 2.58. The van der Waals surface area contributed by atoms with Gasteiger partial charge < -0.3 is 15.2 Å². The standard InChI is InChI=1S/C19H30N2O3/c1-14-6-4-8-18(12-14)24-11-9-20-19(23)15(2)21-10-5-7-17(13-21)16(3)22/h4,6,8,12,15-17,22H,5,7,9-11,13H2,1-3H3,(H,20,23). The highest BCUT2D eigenvalue weighted by atomic mass is 16.5. The molecule has 134 valence electrons. The molecule has 24 heavy (non-hydrogen) atoms. The fourth-order valence-electron chi connectivity index (χ4n) is 3.15. The van der Waals surface area contributed by atoms with Gasteiger partial charge in [-0.15, -0.1) is 0 Å². The minimum Gasteiger partial charge on any atom is -0.492 e. The van der Waals surface area contributed by atoms with Crippen molar-refractivity contribution in [3.05, 3.63) is 29.8 Å². The van der Waals surface area contributed by atoms with E-state index < -0.39 is 0 Å². The number of rotatable bonds is 7. The molecule has 2 N–H and O–H groups in total. The number of carbonyl (C=O) groups excluding carboxylic acids is 1. The smallest absolute Gasteiger partial charge is 0.237 e. The zero-order valence-corrected chi connectivity index (χ0v) is 15.0. The van der Waals surface area contributed by atoms with Gasteiger partial charge in [0.2, 0.25) is 5.91 Å². The van der Waals surface area contributed by atoms with Crippen molar-refractivity contribution in [3.8, 4) is 5.75 Å². The molecule has 1 aliphatic heterocycles. The largest absolute Gasteiger partial charge is 0.492 e. The summed E-state index contributed by atoms with van der Waals surface area (Å²) in [6.45, 7) is 8.44. The van der Waals surface area contributed by atoms with Crippen molar-refractivity contribution in [1.29, 1.82) is 0 Å². The van der Waals surface area contributed by atoms with Gasteiger partial charge in [-0.1, -0.05) is 12.1 Å². The number of aliphatic hydroxyl groups is 1. The van der Waals surface area contributed by atoms with Crippen LogP contribution in [-0.4, -0.2) is 54.3 Å². The molecular formula is C19H30N2O3. The number of ether oxygens (including phenoxy) is 1. The molecule has 0 aromatic heterocycles. The predicted molar refractivity (Wildman–Crippen MR) is 95.1 cm³/mol. The molecule has 1 amide bonds. The van der Waals surface area contributed by atoms with Crippen LogP contribution in [-0.2, 0) is 4.79 Å². The normalized spacial score (nSPS) is 21.1. The van der Waals surface area contributed by atoms with Gasteiger partial charge in [0.15, 0.2) is 0 Å². The van der Waals surface area contributed by atoms with E-state index in [-0.39, 0.29) is 24.0 Å². The first kappa shape index (κ1) is 18.7. The Labute approximate surface area is 145 Å². The van der Waals surface area contributed by atoms with Gasteiger partial charge in [0, 0.05) is 6.54 Å². The van der Waals surface area contributed by atoms with Crippen LogP contribution in [0.5, 0.6) is 5.75 Å². The zero-order chi connectivity index (χ0) is 17.5. The van der Waals surface area contributed by atoms with Crippen molar-refractivity contribution < 1.29 is 14.6 Å². The van der Waals surface area contributed by atoms with Gasteiger partial charge in [0.05, 0.1) is 18.7 Å². The molecule has 1 saturated heterocycles. The summed E-state index contributed by atoms with van der Waals surface area (Å²) in [5.41, 5.74) is 1.16. The molecule has 5 nitrogen and oxygen atoms in total. The van der Waals surface area contributed by atoms with Crippen LogP contribution in [0.15, 0.2) is 24.3 Å². The van der Waals surface area contributed by atoms with E-state index in [0.717, 1.165) is 37.2 Å². The first-order valence-corrected chi connectivity index (χ1v) is 8.86. The molecule has 1 fully saturated rings. The van der Waals surface area contributed by atoms with Crippen LogP contribution in [0.3, 0.4) is 0 Å². The summed E-state index contributed by atoms with van der Waals surface area (Å²) < 4.78 is 5.65. The second-order valence-electron chi connectivity index (χ2n) is 6.77. The SMILES string of the molecule is Cc1cccc(OCCNC(=O)C(C)N2CCCC(C(C)O)C2)c1. The molecule has 0 radical (unpaired) electrons. The zero-order valence-electron chi connectivity index (χ0n) is 15.0. The Morgan fingerprint density at radius 2 is 2.25 bits per heavy atom. The van der Waals surface area contributed by atoms with E-state index in [4.69, 9.17) is 4.74 Å². The van der Waals surface area contributed by atoms with Gasteiger partial charge in [-0.25, -0.2) is 0 Å². The van der Waals surface area contributed by atoms with E-state index in [1.165, 1.54) is 0 Å². The monoisotopic (exact) mass is 334 g/mol. The topological polar surface area (TPSA) is 61.8 Å². The van der Waals surface area contributed by atoms with Gasteiger partial charge >= 0.3 is 0 Å². The summed E-state index contributed by atoms with van der Waals surface area (Å²) in [5, 5.41) is 12.7. The predicted octanol–water partition coefficient (Wildman–Crippen LogP) is 1.97. The minimum absolute atomic E-state index is 0.0223. The molecule has 3 unspecified atom stereocenters. The maximum atomic E-state index is 12.3. The number of amides is 1. The van der Waals surface area contributed by atoms with Gasteiger partial charge in [-0.05, 0) is 63.8 Å². The number of hydrogen-bond acceptors (Lipinski definition) is 4. The molecule has 0 aliphatic carbocycles. The van der Waals surface area contributed by atoms with Crippen LogP contribution in [0.2, 0.25) is 0 Å². The highest BCUT2D eigenvalue weighted by Gasteiger charge is 2.29. The lowest BCUT2D eigenvalue weighted by Gasteiger charge is -2.37. The number of piperidine rings is 1. The summed E-state index contributed by atoms with van der Waals surface area (Å²) in [6, 6.07) is 7.70. The average molecular weight is 334 g/mol. The fourth-order valence-corrected chi connectivity index (χ4v) is 3.15. The fraction of sp³-hybridized carbons (Fsp3) is 0.632. The number of aliphatic hydroxyl groups excluding tert-OH is 1. The molecular weight excluding hydrogens is 304 g/mol. The van der Waals surface area contributed by atoms with Crippen molar-refractivity contribution in [2.24, 2.45) is 5.92 Å². The highest BCUT2D eigenvalue weighted by molar-refractivity contribution is 5.81. The second-order valence-corrected chi connectivity index (χ2v) is 6.77. The van der Waals surface area contributed by atoms with Crippen LogP contribution in [0, 0.1) is 12.8 Å². The third-order valence-corrected chi connectivity index (χ3v) is 4.76. The van der Waals surface area contributed by atoms with E-state index in [2.05, 4.69) is 10.2 Å². The molecule has 3 atom stereocenters. The molecule has 0 spiro atoms. The number of nitrogens with one attached hydrogen (secondary N) is 1. The number of carbonyl (C=O) groups is 1. The third kappa shape index (κ3) is 5.49. The third-order valence-electron chi connectivity index (χ3n) is 4.76. The van der Waals surface area contributed by atoms with Crippen molar-refractivity contribution in [2.75, 3.05) is 26.2 Å². The molecule has 0 bridgehead atoms. The second kappa shape index (κ2) is 9.04. The van der Waals surface area contributed by atoms with Crippen LogP contribution in [0.25, 0.3) is 0 Å². The summed E-state index contributed by atoms with van der Waals surface area (Å²) >= 11 is 0. The molecule has 1 aromatic carbocycles. The van der Waals surface area contributed by atoms with E-state index in [9.17, 15) is 9.90 Å². The molecule has 0 saturated carbocycles. The number of hydrogen-bond donors (Lipinski definition) is 2. The Kier molecular flexibility index (Phi) is 7.06. The van der Waals surface area contributed by atoms with Gasteiger partial charge in [-0.2, -0.15) is 0 Å². The maximum Gasteiger partial charge on any atom is 0.237 e. The lowest BCUT2D eigenvalue weighted by molar-refractivity contribution is -0.127. The summed E-state index contributed by atoms with van der Waals surface area (Å²) in [6.07, 6.45) is 1.75. The van der Waals surface area contributed by atoms with Crippen LogP contribution < -0.4 is 10.1 Å². The van der Waals surface area contributed by atoms with Gasteiger partial charge in [0.25, 0.3) is 0 Å². The number of nitrogens with zero attached hydrogens (tertiary/aromatic N) is 1. The van der Waals surface area contributed by atoms with E-state index in [1.54, 1.807) is 0 Å². The summed E-state index contributed by atoms with van der Waals surface area (Å²) in [4.78, 5) is 14.5. The molecule has 1 heterocycles. The van der Waals surface area contributed by atoms with Crippen molar-refractivity contribution in [3.63, 3.8) is 0 Å². The Hall–Kier alpha value is -1.59. The van der Waals surface area contributed by atoms with E-state index in [1.807, 2.05) is 45.0 Å². The molecule has 1 aromatic rings. The van der Waals surface area contributed by atoms with Gasteiger partial charge in [0.1, 0.15) is 12.4 Å². The quantitative estimate of drug-likeness (QED) is 0.749. The molecule has 1 aliphatic rings. The Bertz CT molecular complexity index is 533. The number of benzene rings is 1. The van der Waals surface area contributed by atoms with E-state index in [0.29, 0.717) is 13.2 Å². The van der Waals surface area contributed by atoms with Crippen molar-refractivity contribution >= 4 is 5.91 Å². The van der Waals surface area contributed by atoms with E-state index >= 15 is 0 Å². The first-order valence-electron chi connectivity index (χ1n) is 8.86. The Morgan fingerprint density at radius 1 is 1.46 bits per heavy atom. The van der Waals surface area contributed by atoms with Crippen LogP contribution in [0.1, 0.15) is 32.3 Å². The van der Waals surface area contributed by atoms with Crippen LogP contribution >= 0.6 is 0 Å². The molecule has 2 rings (SSSR count). The van der Waals surface area contributed by atoms with Crippen LogP contribution in [0.4, 0.5) is 0 Å². The maximum absolute atomic E-state index is 12.3. The molecule has 5 heteroatoms. The minimum atomic E-state index is -0.314. The summed E-state index contributed by atoms with van der Waals surface area (Å²) in [7, 11) is 0.